The number of ether oxygens (including phenoxy) is 2. The molecule has 1 fully saturated rings. The Kier molecular flexibility index (Phi) is 6.05. The third-order valence-electron chi connectivity index (χ3n) is 5.29. The smallest absolute Gasteiger partial charge is 0.256 e. The molecule has 4 heteroatoms. The maximum Gasteiger partial charge on any atom is 0.256 e. The highest BCUT2D eigenvalue weighted by Gasteiger charge is 2.42. The van der Waals surface area contributed by atoms with Gasteiger partial charge in [-0.25, -0.2) is 0 Å². The van der Waals surface area contributed by atoms with Crippen LogP contribution in [-0.2, 0) is 9.53 Å². The van der Waals surface area contributed by atoms with E-state index in [0.29, 0.717) is 12.5 Å². The van der Waals surface area contributed by atoms with Crippen LogP contribution in [0.3, 0.4) is 0 Å². The number of amides is 1. The zero-order chi connectivity index (χ0) is 19.4. The highest BCUT2D eigenvalue weighted by atomic mass is 16.5. The van der Waals surface area contributed by atoms with Gasteiger partial charge in [-0.15, -0.1) is 0 Å². The van der Waals surface area contributed by atoms with Crippen LogP contribution in [0, 0.1) is 5.92 Å². The van der Waals surface area contributed by atoms with Gasteiger partial charge in [0.1, 0.15) is 11.4 Å². The minimum atomic E-state index is -0.722. The van der Waals surface area contributed by atoms with Crippen LogP contribution >= 0.6 is 0 Å². The van der Waals surface area contributed by atoms with Gasteiger partial charge < -0.3 is 14.8 Å². The Balaban J connectivity index is 1.92. The topological polar surface area (TPSA) is 47.6 Å². The molecule has 146 valence electrons. The monoisotopic (exact) mass is 369 g/mol. The summed E-state index contributed by atoms with van der Waals surface area (Å²) < 4.78 is 12.0. The molecule has 0 aromatic heterocycles. The second kappa shape index (κ2) is 8.30. The minimum Gasteiger partial charge on any atom is -0.490 e. The third-order valence-corrected chi connectivity index (χ3v) is 5.29. The van der Waals surface area contributed by atoms with E-state index in [-0.39, 0.29) is 12.0 Å². The first-order valence-electron chi connectivity index (χ1n) is 10.1. The maximum atomic E-state index is 13.3. The molecule has 0 bridgehead atoms. The first-order chi connectivity index (χ1) is 12.9. The summed E-state index contributed by atoms with van der Waals surface area (Å²) in [6.45, 7) is 8.73. The van der Waals surface area contributed by atoms with Crippen LogP contribution < -0.4 is 10.1 Å². The Labute approximate surface area is 162 Å². The van der Waals surface area contributed by atoms with E-state index >= 15 is 0 Å². The molecule has 1 aliphatic rings. The molecule has 0 heterocycles. The van der Waals surface area contributed by atoms with Crippen molar-refractivity contribution in [3.05, 3.63) is 36.4 Å². The van der Waals surface area contributed by atoms with Crippen molar-refractivity contribution in [2.24, 2.45) is 5.92 Å². The zero-order valence-corrected chi connectivity index (χ0v) is 16.9. The molecule has 2 aromatic rings. The lowest BCUT2D eigenvalue weighted by Crippen LogP contribution is -2.48. The van der Waals surface area contributed by atoms with Crippen LogP contribution in [0.2, 0.25) is 0 Å². The molecule has 0 radical (unpaired) electrons. The van der Waals surface area contributed by atoms with Crippen LogP contribution in [-0.4, -0.2) is 24.2 Å². The van der Waals surface area contributed by atoms with E-state index in [2.05, 4.69) is 12.2 Å². The van der Waals surface area contributed by atoms with Crippen molar-refractivity contribution in [3.63, 3.8) is 0 Å². The van der Waals surface area contributed by atoms with Crippen molar-refractivity contribution < 1.29 is 14.3 Å². The first-order valence-corrected chi connectivity index (χ1v) is 10.1. The van der Waals surface area contributed by atoms with Gasteiger partial charge in [0.25, 0.3) is 5.91 Å². The first kappa shape index (κ1) is 19.7. The van der Waals surface area contributed by atoms with Crippen LogP contribution in [0.25, 0.3) is 10.8 Å². The summed E-state index contributed by atoms with van der Waals surface area (Å²) in [7, 11) is 0. The summed E-state index contributed by atoms with van der Waals surface area (Å²) in [5, 5.41) is 5.15. The summed E-state index contributed by atoms with van der Waals surface area (Å²) in [6.07, 6.45) is 3.84. The van der Waals surface area contributed by atoms with Gasteiger partial charge in [-0.05, 0) is 58.1 Å². The second-order valence-electron chi connectivity index (χ2n) is 7.91. The van der Waals surface area contributed by atoms with Crippen LogP contribution in [0.5, 0.6) is 5.75 Å². The Hall–Kier alpha value is -2.07. The Morgan fingerprint density at radius 1 is 1.22 bits per heavy atom. The Morgan fingerprint density at radius 2 is 1.96 bits per heavy atom. The number of fused-ring (bicyclic) bond motifs is 1. The number of hydrogen-bond acceptors (Lipinski definition) is 3. The van der Waals surface area contributed by atoms with E-state index < -0.39 is 5.60 Å². The highest BCUT2D eigenvalue weighted by molar-refractivity contribution is 6.06. The molecule has 1 saturated carbocycles. The number of nitrogens with one attached hydrogen (secondary N) is 1. The summed E-state index contributed by atoms with van der Waals surface area (Å²) >= 11 is 0. The standard InChI is InChI=1S/C23H31NO3/c1-5-26-23(14-8-9-17(4)15-23)22(25)24-20-12-13-21(27-16(2)3)19-11-7-6-10-18(19)20/h6-7,10-13,16-17H,5,8-9,14-15H2,1-4H3,(H,24,25)/t17-,23+/m0/s1. The van der Waals surface area contributed by atoms with Crippen molar-refractivity contribution in [1.29, 1.82) is 0 Å². The zero-order valence-electron chi connectivity index (χ0n) is 16.9. The van der Waals surface area contributed by atoms with Gasteiger partial charge >= 0.3 is 0 Å². The van der Waals surface area contributed by atoms with E-state index in [9.17, 15) is 4.79 Å². The van der Waals surface area contributed by atoms with Gasteiger partial charge in [0.05, 0.1) is 6.10 Å². The van der Waals surface area contributed by atoms with Crippen LogP contribution in [0.4, 0.5) is 5.69 Å². The normalized spacial score (nSPS) is 22.8. The lowest BCUT2D eigenvalue weighted by Gasteiger charge is -2.38. The van der Waals surface area contributed by atoms with Gasteiger partial charge in [-0.3, -0.25) is 4.79 Å². The summed E-state index contributed by atoms with van der Waals surface area (Å²) in [5.41, 5.74) is 0.0877. The SMILES string of the molecule is CCO[C@]1(C(=O)Nc2ccc(OC(C)C)c3ccccc23)CCC[C@H](C)C1. The maximum absolute atomic E-state index is 13.3. The number of carbonyl (C=O) groups excluding carboxylic acids is 1. The molecule has 1 amide bonds. The number of benzene rings is 2. The molecule has 0 aliphatic heterocycles. The molecule has 2 atom stereocenters. The van der Waals surface area contributed by atoms with Gasteiger partial charge in [0, 0.05) is 23.1 Å². The Morgan fingerprint density at radius 3 is 2.63 bits per heavy atom. The molecule has 0 saturated heterocycles. The average Bonchev–Trinajstić information content (AvgIpc) is 2.63. The highest BCUT2D eigenvalue weighted by Crippen LogP contribution is 2.38. The summed E-state index contributed by atoms with van der Waals surface area (Å²) in [5.74, 6) is 1.30. The Bertz CT molecular complexity index is 797. The number of carbonyl (C=O) groups is 1. The molecular weight excluding hydrogens is 338 g/mol. The fourth-order valence-electron chi connectivity index (χ4n) is 4.16. The van der Waals surface area contributed by atoms with Crippen molar-refractivity contribution in [1.82, 2.24) is 0 Å². The van der Waals surface area contributed by atoms with Gasteiger partial charge in [-0.2, -0.15) is 0 Å². The van der Waals surface area contributed by atoms with Crippen LogP contribution in [0.1, 0.15) is 53.4 Å². The molecule has 2 aromatic carbocycles. The van der Waals surface area contributed by atoms with E-state index in [0.717, 1.165) is 47.9 Å². The fraction of sp³-hybridized carbons (Fsp3) is 0.522. The molecule has 1 N–H and O–H groups in total. The number of rotatable bonds is 6. The molecular formula is C23H31NO3. The molecule has 0 spiro atoms. The lowest BCUT2D eigenvalue weighted by atomic mass is 9.78. The predicted molar refractivity (Wildman–Crippen MR) is 110 cm³/mol. The fourth-order valence-corrected chi connectivity index (χ4v) is 4.16. The lowest BCUT2D eigenvalue weighted by molar-refractivity contribution is -0.147. The van der Waals surface area contributed by atoms with Gasteiger partial charge in [0.15, 0.2) is 0 Å². The van der Waals surface area contributed by atoms with Gasteiger partial charge in [-0.1, -0.05) is 37.6 Å². The van der Waals surface area contributed by atoms with Crippen LogP contribution in [0.15, 0.2) is 36.4 Å². The molecule has 0 unspecified atom stereocenters. The third kappa shape index (κ3) is 4.27. The predicted octanol–water partition coefficient (Wildman–Crippen LogP) is 5.55. The van der Waals surface area contributed by atoms with Crippen molar-refractivity contribution in [3.8, 4) is 5.75 Å². The van der Waals surface area contributed by atoms with E-state index in [1.165, 1.54) is 0 Å². The van der Waals surface area contributed by atoms with E-state index in [1.54, 1.807) is 0 Å². The molecule has 27 heavy (non-hydrogen) atoms. The second-order valence-corrected chi connectivity index (χ2v) is 7.91. The van der Waals surface area contributed by atoms with Crippen molar-refractivity contribution in [2.75, 3.05) is 11.9 Å². The quantitative estimate of drug-likeness (QED) is 0.726. The van der Waals surface area contributed by atoms with Crippen molar-refractivity contribution in [2.45, 2.75) is 65.1 Å². The molecule has 3 rings (SSSR count). The molecule has 1 aliphatic carbocycles. The minimum absolute atomic E-state index is 0.0291. The number of hydrogen-bond donors (Lipinski definition) is 1. The average molecular weight is 370 g/mol. The summed E-state index contributed by atoms with van der Waals surface area (Å²) in [4.78, 5) is 13.3. The van der Waals surface area contributed by atoms with Crippen molar-refractivity contribution >= 4 is 22.4 Å². The van der Waals surface area contributed by atoms with E-state index in [1.807, 2.05) is 57.2 Å². The molecule has 4 nitrogen and oxygen atoms in total. The summed E-state index contributed by atoms with van der Waals surface area (Å²) in [6, 6.07) is 11.9. The van der Waals surface area contributed by atoms with Gasteiger partial charge in [0.2, 0.25) is 0 Å². The van der Waals surface area contributed by atoms with E-state index in [4.69, 9.17) is 9.47 Å². The largest absolute Gasteiger partial charge is 0.490 e. The number of anilines is 1.